The zero-order chi connectivity index (χ0) is 17.9. The molecule has 5 nitrogen and oxygen atoms in total. The van der Waals surface area contributed by atoms with Gasteiger partial charge in [-0.2, -0.15) is 0 Å². The molecule has 1 aliphatic carbocycles. The second-order valence-corrected chi connectivity index (χ2v) is 6.26. The molecule has 0 saturated heterocycles. The van der Waals surface area contributed by atoms with E-state index in [0.29, 0.717) is 23.6 Å². The lowest BCUT2D eigenvalue weighted by Gasteiger charge is -2.18. The molecule has 1 amide bonds. The minimum absolute atomic E-state index is 0.0122. The van der Waals surface area contributed by atoms with Gasteiger partial charge in [-0.05, 0) is 54.8 Å². The molecule has 0 aliphatic heterocycles. The third-order valence-electron chi connectivity index (χ3n) is 4.79. The molecular weight excluding hydrogens is 318 g/mol. The lowest BCUT2D eigenvalue weighted by atomic mass is 9.95. The largest absolute Gasteiger partial charge is 0.497 e. The molecule has 0 bridgehead atoms. The number of carbonyl (C=O) groups is 1. The molecule has 1 fully saturated rings. The van der Waals surface area contributed by atoms with Gasteiger partial charge in [-0.1, -0.05) is 6.07 Å². The molecule has 0 heterocycles. The Morgan fingerprint density at radius 3 is 2.20 bits per heavy atom. The van der Waals surface area contributed by atoms with Crippen molar-refractivity contribution in [2.75, 3.05) is 27.9 Å². The fraction of sp³-hybridized carbons (Fsp3) is 0.350. The van der Waals surface area contributed by atoms with Crippen LogP contribution in [-0.2, 0) is 5.41 Å². The summed E-state index contributed by atoms with van der Waals surface area (Å²) in [5.74, 6) is 2.09. The molecule has 1 aliphatic rings. The first-order valence-corrected chi connectivity index (χ1v) is 8.26. The van der Waals surface area contributed by atoms with E-state index in [9.17, 15) is 4.79 Å². The highest BCUT2D eigenvalue weighted by Gasteiger charge is 2.44. The van der Waals surface area contributed by atoms with Crippen molar-refractivity contribution in [1.29, 1.82) is 0 Å². The van der Waals surface area contributed by atoms with Crippen LogP contribution in [0.3, 0.4) is 0 Å². The number of amides is 1. The van der Waals surface area contributed by atoms with Gasteiger partial charge < -0.3 is 19.5 Å². The van der Waals surface area contributed by atoms with Crippen LogP contribution in [0.25, 0.3) is 0 Å². The van der Waals surface area contributed by atoms with Gasteiger partial charge in [0.05, 0.1) is 21.3 Å². The fourth-order valence-corrected chi connectivity index (χ4v) is 2.98. The van der Waals surface area contributed by atoms with Crippen molar-refractivity contribution in [1.82, 2.24) is 5.32 Å². The van der Waals surface area contributed by atoms with E-state index in [1.165, 1.54) is 5.56 Å². The minimum Gasteiger partial charge on any atom is -0.497 e. The van der Waals surface area contributed by atoms with Crippen LogP contribution in [0.15, 0.2) is 42.5 Å². The summed E-state index contributed by atoms with van der Waals surface area (Å²) in [5, 5.41) is 3.05. The van der Waals surface area contributed by atoms with Gasteiger partial charge in [-0.15, -0.1) is 0 Å². The molecule has 2 aromatic rings. The van der Waals surface area contributed by atoms with Gasteiger partial charge in [-0.3, -0.25) is 4.79 Å². The molecule has 0 aromatic heterocycles. The van der Waals surface area contributed by atoms with E-state index in [0.717, 1.165) is 18.6 Å². The van der Waals surface area contributed by atoms with E-state index in [4.69, 9.17) is 14.2 Å². The highest BCUT2D eigenvalue weighted by atomic mass is 16.5. The van der Waals surface area contributed by atoms with Gasteiger partial charge in [0.2, 0.25) is 0 Å². The summed E-state index contributed by atoms with van der Waals surface area (Å²) in [5.41, 5.74) is 1.78. The van der Waals surface area contributed by atoms with Crippen molar-refractivity contribution >= 4 is 5.91 Å². The highest BCUT2D eigenvalue weighted by molar-refractivity contribution is 5.94. The molecule has 0 unspecified atom stereocenters. The Hall–Kier alpha value is -2.69. The van der Waals surface area contributed by atoms with E-state index < -0.39 is 0 Å². The number of rotatable bonds is 7. The number of hydrogen-bond donors (Lipinski definition) is 1. The Balaban J connectivity index is 1.68. The Labute approximate surface area is 147 Å². The lowest BCUT2D eigenvalue weighted by Crippen LogP contribution is -2.32. The van der Waals surface area contributed by atoms with E-state index in [1.54, 1.807) is 45.6 Å². The molecule has 1 N–H and O–H groups in total. The van der Waals surface area contributed by atoms with Gasteiger partial charge in [0.1, 0.15) is 5.75 Å². The molecular formula is C20H23NO4. The Morgan fingerprint density at radius 1 is 0.960 bits per heavy atom. The van der Waals surface area contributed by atoms with Crippen molar-refractivity contribution in [3.05, 3.63) is 53.6 Å². The van der Waals surface area contributed by atoms with Crippen LogP contribution in [0.1, 0.15) is 28.8 Å². The third kappa shape index (κ3) is 3.55. The topological polar surface area (TPSA) is 56.8 Å². The zero-order valence-corrected chi connectivity index (χ0v) is 14.8. The molecule has 25 heavy (non-hydrogen) atoms. The van der Waals surface area contributed by atoms with Crippen LogP contribution in [0.2, 0.25) is 0 Å². The number of benzene rings is 2. The summed E-state index contributed by atoms with van der Waals surface area (Å²) in [4.78, 5) is 12.4. The molecule has 3 rings (SSSR count). The van der Waals surface area contributed by atoms with Gasteiger partial charge >= 0.3 is 0 Å². The maximum Gasteiger partial charge on any atom is 0.251 e. The number of methoxy groups -OCH3 is 3. The van der Waals surface area contributed by atoms with E-state index >= 15 is 0 Å². The summed E-state index contributed by atoms with van der Waals surface area (Å²) >= 11 is 0. The second-order valence-electron chi connectivity index (χ2n) is 6.26. The molecule has 2 aromatic carbocycles. The monoisotopic (exact) mass is 341 g/mol. The van der Waals surface area contributed by atoms with E-state index in [2.05, 4.69) is 5.32 Å². The quantitative estimate of drug-likeness (QED) is 0.840. The van der Waals surface area contributed by atoms with Crippen LogP contribution in [0.4, 0.5) is 0 Å². The van der Waals surface area contributed by atoms with Crippen molar-refractivity contribution in [3.8, 4) is 17.2 Å². The van der Waals surface area contributed by atoms with Crippen molar-refractivity contribution in [2.24, 2.45) is 0 Å². The Bertz CT molecular complexity index is 751. The van der Waals surface area contributed by atoms with Gasteiger partial charge in [-0.25, -0.2) is 0 Å². The minimum atomic E-state index is -0.0746. The number of hydrogen-bond acceptors (Lipinski definition) is 4. The first-order chi connectivity index (χ1) is 12.1. The average Bonchev–Trinajstić information content (AvgIpc) is 3.46. The first-order valence-electron chi connectivity index (χ1n) is 8.26. The summed E-state index contributed by atoms with van der Waals surface area (Å²) in [6.45, 7) is 0.605. The van der Waals surface area contributed by atoms with Crippen LogP contribution in [0.5, 0.6) is 17.2 Å². The van der Waals surface area contributed by atoms with Crippen molar-refractivity contribution in [2.45, 2.75) is 18.3 Å². The standard InChI is InChI=1S/C20H23NO4/c1-23-16-7-4-14(5-8-16)19(22)21-13-20(10-11-20)15-6-9-17(24-2)18(12-15)25-3/h4-9,12H,10-11,13H2,1-3H3,(H,21,22). The molecule has 5 heteroatoms. The van der Waals surface area contributed by atoms with Crippen LogP contribution in [-0.4, -0.2) is 33.8 Å². The van der Waals surface area contributed by atoms with E-state index in [-0.39, 0.29) is 11.3 Å². The van der Waals surface area contributed by atoms with Crippen LogP contribution in [0, 0.1) is 0 Å². The molecule has 0 atom stereocenters. The predicted octanol–water partition coefficient (Wildman–Crippen LogP) is 3.17. The number of ether oxygens (including phenoxy) is 3. The smallest absolute Gasteiger partial charge is 0.251 e. The van der Waals surface area contributed by atoms with Gasteiger partial charge in [0.15, 0.2) is 11.5 Å². The second kappa shape index (κ2) is 7.05. The lowest BCUT2D eigenvalue weighted by molar-refractivity contribution is 0.0949. The molecule has 0 radical (unpaired) electrons. The average molecular weight is 341 g/mol. The van der Waals surface area contributed by atoms with Crippen LogP contribution >= 0.6 is 0 Å². The van der Waals surface area contributed by atoms with Crippen LogP contribution < -0.4 is 19.5 Å². The van der Waals surface area contributed by atoms with Crippen molar-refractivity contribution < 1.29 is 19.0 Å². The summed E-state index contributed by atoms with van der Waals surface area (Å²) in [6, 6.07) is 13.1. The van der Waals surface area contributed by atoms with E-state index in [1.807, 2.05) is 18.2 Å². The summed E-state index contributed by atoms with van der Waals surface area (Å²) in [7, 11) is 4.86. The predicted molar refractivity (Wildman–Crippen MR) is 95.8 cm³/mol. The maximum absolute atomic E-state index is 12.4. The molecule has 0 spiro atoms. The normalized spacial score (nSPS) is 14.5. The summed E-state index contributed by atoms with van der Waals surface area (Å²) in [6.07, 6.45) is 2.09. The first kappa shape index (κ1) is 17.1. The fourth-order valence-electron chi connectivity index (χ4n) is 2.98. The Kier molecular flexibility index (Phi) is 4.83. The third-order valence-corrected chi connectivity index (χ3v) is 4.79. The summed E-state index contributed by atoms with van der Waals surface area (Å²) < 4.78 is 15.8. The van der Waals surface area contributed by atoms with Crippen molar-refractivity contribution in [3.63, 3.8) is 0 Å². The Morgan fingerprint density at radius 2 is 1.64 bits per heavy atom. The SMILES string of the molecule is COc1ccc(C(=O)NCC2(c3ccc(OC)c(OC)c3)CC2)cc1. The zero-order valence-electron chi connectivity index (χ0n) is 14.8. The van der Waals surface area contributed by atoms with Gasteiger partial charge in [0.25, 0.3) is 5.91 Å². The number of nitrogens with one attached hydrogen (secondary N) is 1. The maximum atomic E-state index is 12.4. The molecule has 132 valence electrons. The van der Waals surface area contributed by atoms with Gasteiger partial charge in [0, 0.05) is 17.5 Å². The highest BCUT2D eigenvalue weighted by Crippen LogP contribution is 2.49. The number of carbonyl (C=O) groups excluding carboxylic acids is 1. The molecule has 1 saturated carbocycles.